The second kappa shape index (κ2) is 14.6. The fourth-order valence-corrected chi connectivity index (χ4v) is 4.93. The smallest absolute Gasteiger partial charge is 0.232 e. The first-order chi connectivity index (χ1) is 19.8. The van der Waals surface area contributed by atoms with Gasteiger partial charge in [-0.05, 0) is 11.1 Å². The molecule has 0 radical (unpaired) electrons. The van der Waals surface area contributed by atoms with Gasteiger partial charge in [0.05, 0.1) is 25.7 Å². The number of aliphatic hydroxyl groups excluding tert-OH is 7. The zero-order valence-electron chi connectivity index (χ0n) is 22.1. The van der Waals surface area contributed by atoms with Crippen molar-refractivity contribution in [2.75, 3.05) is 26.4 Å². The highest BCUT2D eigenvalue weighted by atomic mass is 16.7. The third kappa shape index (κ3) is 7.28. The van der Waals surface area contributed by atoms with Gasteiger partial charge in [-0.2, -0.15) is 0 Å². The molecule has 0 saturated carbocycles. The maximum Gasteiger partial charge on any atom is 0.232 e. The number of amides is 1. The third-order valence-corrected chi connectivity index (χ3v) is 7.17. The standard InChI is InChI=1S/C28H37NO12/c30-13-17-20(32)21(33)23(35)28(39-17)41-25-18(14-31)40-27(24(36)22(25)34)38-12-11-29-26(37)19(15-7-3-1-4-8-15)16-9-5-2-6-10-16/h1-10,17-25,27-28,30-36H,11-14H2,(H,29,37)/t17?,18?,20-,21+,22-,23?,24?,25-,27-,28-/m0/s1. The number of hydrogen-bond acceptors (Lipinski definition) is 12. The first-order valence-electron chi connectivity index (χ1n) is 13.3. The summed E-state index contributed by atoms with van der Waals surface area (Å²) in [5, 5.41) is 73.5. The summed E-state index contributed by atoms with van der Waals surface area (Å²) < 4.78 is 22.0. The van der Waals surface area contributed by atoms with Crippen LogP contribution in [0.1, 0.15) is 17.0 Å². The number of ether oxygens (including phenoxy) is 4. The number of carbonyl (C=O) groups excluding carboxylic acids is 1. The molecule has 0 bridgehead atoms. The van der Waals surface area contributed by atoms with E-state index in [9.17, 15) is 40.5 Å². The molecule has 10 atom stereocenters. The molecule has 0 aromatic heterocycles. The average molecular weight is 580 g/mol. The van der Waals surface area contributed by atoms with E-state index >= 15 is 0 Å². The van der Waals surface area contributed by atoms with Crippen LogP contribution in [-0.2, 0) is 23.7 Å². The van der Waals surface area contributed by atoms with Gasteiger partial charge >= 0.3 is 0 Å². The Morgan fingerprint density at radius 1 is 0.732 bits per heavy atom. The van der Waals surface area contributed by atoms with E-state index in [4.69, 9.17) is 18.9 Å². The van der Waals surface area contributed by atoms with E-state index < -0.39 is 80.5 Å². The van der Waals surface area contributed by atoms with Crippen LogP contribution in [0.4, 0.5) is 0 Å². The first kappa shape index (κ1) is 31.4. The summed E-state index contributed by atoms with van der Waals surface area (Å²) in [5.41, 5.74) is 1.62. The zero-order valence-corrected chi connectivity index (χ0v) is 22.1. The Morgan fingerprint density at radius 2 is 1.27 bits per heavy atom. The number of benzene rings is 2. The van der Waals surface area contributed by atoms with Gasteiger partial charge in [0.15, 0.2) is 12.6 Å². The maximum atomic E-state index is 13.1. The monoisotopic (exact) mass is 579 g/mol. The summed E-state index contributed by atoms with van der Waals surface area (Å²) in [6, 6.07) is 18.6. The highest BCUT2D eigenvalue weighted by Crippen LogP contribution is 2.30. The fourth-order valence-electron chi connectivity index (χ4n) is 4.93. The predicted molar refractivity (Wildman–Crippen MR) is 140 cm³/mol. The molecule has 226 valence electrons. The lowest BCUT2D eigenvalue weighted by Crippen LogP contribution is -2.64. The molecule has 2 saturated heterocycles. The minimum absolute atomic E-state index is 0.0479. The molecule has 0 aliphatic carbocycles. The molecule has 2 heterocycles. The number of nitrogens with one attached hydrogen (secondary N) is 1. The summed E-state index contributed by atoms with van der Waals surface area (Å²) in [6.07, 6.45) is -15.4. The molecule has 4 rings (SSSR count). The Kier molecular flexibility index (Phi) is 11.2. The van der Waals surface area contributed by atoms with Crippen molar-refractivity contribution in [2.45, 2.75) is 67.3 Å². The first-order valence-corrected chi connectivity index (χ1v) is 13.3. The molecule has 2 aliphatic heterocycles. The Balaban J connectivity index is 1.33. The topological polar surface area (TPSA) is 208 Å². The summed E-state index contributed by atoms with van der Waals surface area (Å²) in [6.45, 7) is -1.43. The van der Waals surface area contributed by atoms with Crippen molar-refractivity contribution in [1.82, 2.24) is 5.32 Å². The summed E-state index contributed by atoms with van der Waals surface area (Å²) in [7, 11) is 0. The number of carbonyl (C=O) groups is 1. The van der Waals surface area contributed by atoms with E-state index in [2.05, 4.69) is 5.32 Å². The molecule has 4 unspecified atom stereocenters. The summed E-state index contributed by atoms with van der Waals surface area (Å²) in [5.74, 6) is -0.827. The van der Waals surface area contributed by atoms with E-state index in [1.165, 1.54) is 0 Å². The van der Waals surface area contributed by atoms with Crippen molar-refractivity contribution in [3.63, 3.8) is 0 Å². The average Bonchev–Trinajstić information content (AvgIpc) is 2.99. The molecule has 0 spiro atoms. The summed E-state index contributed by atoms with van der Waals surface area (Å²) >= 11 is 0. The normalized spacial score (nSPS) is 34.0. The van der Waals surface area contributed by atoms with E-state index in [0.717, 1.165) is 11.1 Å². The van der Waals surface area contributed by atoms with Crippen LogP contribution in [-0.4, -0.2) is 129 Å². The van der Waals surface area contributed by atoms with Gasteiger partial charge in [-0.25, -0.2) is 0 Å². The predicted octanol–water partition coefficient (Wildman–Crippen LogP) is -2.42. The zero-order chi connectivity index (χ0) is 29.5. The minimum Gasteiger partial charge on any atom is -0.394 e. The molecular weight excluding hydrogens is 542 g/mol. The molecular formula is C28H37NO12. The highest BCUT2D eigenvalue weighted by Gasteiger charge is 2.50. The van der Waals surface area contributed by atoms with E-state index in [0.29, 0.717) is 0 Å². The molecule has 2 aromatic carbocycles. The molecule has 2 aromatic rings. The van der Waals surface area contributed by atoms with Gasteiger partial charge in [0.25, 0.3) is 0 Å². The number of aliphatic hydroxyl groups is 7. The Bertz CT molecular complexity index is 1030. The van der Waals surface area contributed by atoms with E-state index in [-0.39, 0.29) is 19.1 Å². The van der Waals surface area contributed by atoms with E-state index in [1.807, 2.05) is 60.7 Å². The van der Waals surface area contributed by atoms with Gasteiger partial charge in [-0.3, -0.25) is 4.79 Å². The van der Waals surface area contributed by atoms with Crippen molar-refractivity contribution in [1.29, 1.82) is 0 Å². The second-order valence-corrected chi connectivity index (χ2v) is 9.92. The van der Waals surface area contributed by atoms with Crippen LogP contribution in [0.15, 0.2) is 60.7 Å². The van der Waals surface area contributed by atoms with Gasteiger partial charge in [0.2, 0.25) is 5.91 Å². The van der Waals surface area contributed by atoms with Gasteiger partial charge in [0, 0.05) is 6.54 Å². The third-order valence-electron chi connectivity index (χ3n) is 7.17. The summed E-state index contributed by atoms with van der Waals surface area (Å²) in [4.78, 5) is 13.1. The van der Waals surface area contributed by atoms with Crippen molar-refractivity contribution in [2.24, 2.45) is 0 Å². The molecule has 41 heavy (non-hydrogen) atoms. The lowest BCUT2D eigenvalue weighted by molar-refractivity contribution is -0.359. The van der Waals surface area contributed by atoms with Gasteiger partial charge in [-0.15, -0.1) is 0 Å². The fraction of sp³-hybridized carbons (Fsp3) is 0.536. The van der Waals surface area contributed by atoms with Crippen LogP contribution in [0.2, 0.25) is 0 Å². The van der Waals surface area contributed by atoms with Crippen LogP contribution < -0.4 is 5.32 Å². The maximum absolute atomic E-state index is 13.1. The van der Waals surface area contributed by atoms with Crippen molar-refractivity contribution in [3.05, 3.63) is 71.8 Å². The van der Waals surface area contributed by atoms with Crippen molar-refractivity contribution >= 4 is 5.91 Å². The largest absolute Gasteiger partial charge is 0.394 e. The van der Waals surface area contributed by atoms with Crippen LogP contribution in [0.3, 0.4) is 0 Å². The van der Waals surface area contributed by atoms with Crippen molar-refractivity contribution < 1.29 is 59.5 Å². The molecule has 2 fully saturated rings. The second-order valence-electron chi connectivity index (χ2n) is 9.92. The van der Waals surface area contributed by atoms with Crippen LogP contribution >= 0.6 is 0 Å². The lowest BCUT2D eigenvalue weighted by atomic mass is 9.90. The SMILES string of the molecule is O=C(NCCO[C@H]1OC(CO)[C@H](O[C@@H]2OC(CO)[C@H](O)[C@@H](O)C2O)[C@@H](O)C1O)C(c1ccccc1)c1ccccc1. The number of rotatable bonds is 11. The highest BCUT2D eigenvalue weighted by molar-refractivity contribution is 5.87. The van der Waals surface area contributed by atoms with Gasteiger partial charge < -0.3 is 60.0 Å². The van der Waals surface area contributed by atoms with Crippen LogP contribution in [0, 0.1) is 0 Å². The van der Waals surface area contributed by atoms with Crippen LogP contribution in [0.25, 0.3) is 0 Å². The Labute approximate surface area is 236 Å². The van der Waals surface area contributed by atoms with E-state index in [1.54, 1.807) is 0 Å². The molecule has 1 amide bonds. The minimum atomic E-state index is -1.76. The van der Waals surface area contributed by atoms with Gasteiger partial charge in [0.1, 0.15) is 48.8 Å². The molecule has 8 N–H and O–H groups in total. The Hall–Kier alpha value is -2.53. The molecule has 13 nitrogen and oxygen atoms in total. The molecule has 2 aliphatic rings. The quantitative estimate of drug-likeness (QED) is 0.131. The number of hydrogen-bond donors (Lipinski definition) is 8. The Morgan fingerprint density at radius 3 is 1.83 bits per heavy atom. The lowest BCUT2D eigenvalue weighted by Gasteiger charge is -2.45. The van der Waals surface area contributed by atoms with Gasteiger partial charge in [-0.1, -0.05) is 60.7 Å². The molecule has 13 heteroatoms. The van der Waals surface area contributed by atoms with Crippen LogP contribution in [0.5, 0.6) is 0 Å². The van der Waals surface area contributed by atoms with Crippen molar-refractivity contribution in [3.8, 4) is 0 Å².